The summed E-state index contributed by atoms with van der Waals surface area (Å²) in [6, 6.07) is 14.7. The highest BCUT2D eigenvalue weighted by atomic mass is 16.2. The molecule has 1 saturated heterocycles. The van der Waals surface area contributed by atoms with Crippen LogP contribution in [0.15, 0.2) is 53.5 Å². The van der Waals surface area contributed by atoms with Gasteiger partial charge in [-0.3, -0.25) is 14.7 Å². The molecule has 1 saturated carbocycles. The summed E-state index contributed by atoms with van der Waals surface area (Å²) in [6.45, 7) is 3.17. The van der Waals surface area contributed by atoms with Gasteiger partial charge in [0.05, 0.1) is 5.69 Å². The van der Waals surface area contributed by atoms with Gasteiger partial charge in [-0.2, -0.15) is 5.10 Å². The van der Waals surface area contributed by atoms with E-state index in [4.69, 9.17) is 0 Å². The van der Waals surface area contributed by atoms with Gasteiger partial charge in [0.25, 0.3) is 11.5 Å². The first-order valence-corrected chi connectivity index (χ1v) is 11.2. The van der Waals surface area contributed by atoms with Crippen molar-refractivity contribution in [2.45, 2.75) is 51.0 Å². The predicted octanol–water partition coefficient (Wildman–Crippen LogP) is 3.83. The summed E-state index contributed by atoms with van der Waals surface area (Å²) < 4.78 is 1.74. The second kappa shape index (κ2) is 8.17. The lowest BCUT2D eigenvalue weighted by Gasteiger charge is -2.31. The van der Waals surface area contributed by atoms with E-state index in [0.717, 1.165) is 49.1 Å². The van der Waals surface area contributed by atoms with Crippen LogP contribution in [0.2, 0.25) is 0 Å². The highest BCUT2D eigenvalue weighted by molar-refractivity contribution is 5.95. The molecule has 3 heterocycles. The number of benzene rings is 1. The Kier molecular flexibility index (Phi) is 5.22. The minimum Gasteiger partial charge on any atom is -0.338 e. The Morgan fingerprint density at radius 2 is 1.84 bits per heavy atom. The maximum atomic E-state index is 13.2. The van der Waals surface area contributed by atoms with Gasteiger partial charge < -0.3 is 9.47 Å². The largest absolute Gasteiger partial charge is 0.338 e. The molecule has 2 aliphatic rings. The number of rotatable bonds is 5. The standard InChI is InChI=1S/C25H28N4O2/c1-17-9-14-29(21-7-8-21)25(31)23(17)24(30)28-12-10-19(11-13-28)22-16-20(26-27-22)15-18-5-3-2-4-6-18/h2-6,9,14,16,19,21H,7-8,10-13,15H2,1H3,(H,26,27). The van der Waals surface area contributed by atoms with Crippen molar-refractivity contribution >= 4 is 5.91 Å². The van der Waals surface area contributed by atoms with E-state index in [2.05, 4.69) is 28.4 Å². The molecule has 0 radical (unpaired) electrons. The molecule has 0 bridgehead atoms. The molecule has 0 spiro atoms. The molecule has 1 aliphatic heterocycles. The number of hydrogen-bond donors (Lipinski definition) is 1. The Balaban J connectivity index is 1.24. The van der Waals surface area contributed by atoms with Gasteiger partial charge in [0.1, 0.15) is 5.56 Å². The molecule has 6 nitrogen and oxygen atoms in total. The molecule has 0 atom stereocenters. The first kappa shape index (κ1) is 19.8. The number of aryl methyl sites for hydroxylation is 1. The van der Waals surface area contributed by atoms with Crippen LogP contribution in [0.5, 0.6) is 0 Å². The molecule has 3 aromatic rings. The second-order valence-electron chi connectivity index (χ2n) is 8.86. The van der Waals surface area contributed by atoms with E-state index in [1.807, 2.05) is 42.3 Å². The molecule has 160 valence electrons. The number of aromatic nitrogens is 3. The average molecular weight is 417 g/mol. The molecular weight excluding hydrogens is 388 g/mol. The minimum atomic E-state index is -0.132. The fraction of sp³-hybridized carbons (Fsp3) is 0.400. The molecule has 1 amide bonds. The van der Waals surface area contributed by atoms with Crippen LogP contribution in [0.1, 0.15) is 70.5 Å². The van der Waals surface area contributed by atoms with Crippen LogP contribution in [-0.4, -0.2) is 38.7 Å². The zero-order valence-electron chi connectivity index (χ0n) is 17.9. The predicted molar refractivity (Wildman–Crippen MR) is 119 cm³/mol. The molecule has 2 fully saturated rings. The first-order chi connectivity index (χ1) is 15.1. The third-order valence-corrected chi connectivity index (χ3v) is 6.57. The zero-order chi connectivity index (χ0) is 21.4. The third kappa shape index (κ3) is 4.07. The second-order valence-corrected chi connectivity index (χ2v) is 8.86. The molecular formula is C25H28N4O2. The smallest absolute Gasteiger partial charge is 0.263 e. The number of likely N-dealkylation sites (tertiary alicyclic amines) is 1. The van der Waals surface area contributed by atoms with Gasteiger partial charge in [-0.15, -0.1) is 0 Å². The van der Waals surface area contributed by atoms with Crippen LogP contribution in [0.4, 0.5) is 0 Å². The SMILES string of the molecule is Cc1ccn(C2CC2)c(=O)c1C(=O)N1CCC(c2cc(Cc3ccccc3)[nH]n2)CC1. The van der Waals surface area contributed by atoms with Crippen LogP contribution in [0.25, 0.3) is 0 Å². The third-order valence-electron chi connectivity index (χ3n) is 6.57. The van der Waals surface area contributed by atoms with Crippen LogP contribution in [-0.2, 0) is 6.42 Å². The van der Waals surface area contributed by atoms with Crippen LogP contribution < -0.4 is 5.56 Å². The lowest BCUT2D eigenvalue weighted by atomic mass is 9.92. The number of carbonyl (C=O) groups is 1. The molecule has 31 heavy (non-hydrogen) atoms. The highest BCUT2D eigenvalue weighted by Crippen LogP contribution is 2.33. The fourth-order valence-corrected chi connectivity index (χ4v) is 4.57. The Morgan fingerprint density at radius 1 is 1.10 bits per heavy atom. The van der Waals surface area contributed by atoms with Crippen molar-refractivity contribution in [1.29, 1.82) is 0 Å². The van der Waals surface area contributed by atoms with Crippen molar-refractivity contribution < 1.29 is 4.79 Å². The van der Waals surface area contributed by atoms with Crippen molar-refractivity contribution in [3.8, 4) is 0 Å². The Labute approximate surface area is 181 Å². The molecule has 1 aliphatic carbocycles. The highest BCUT2D eigenvalue weighted by Gasteiger charge is 2.31. The maximum Gasteiger partial charge on any atom is 0.263 e. The molecule has 2 aromatic heterocycles. The van der Waals surface area contributed by atoms with Crippen LogP contribution in [0, 0.1) is 6.92 Å². The van der Waals surface area contributed by atoms with E-state index in [1.165, 1.54) is 5.56 Å². The van der Waals surface area contributed by atoms with E-state index in [0.29, 0.717) is 24.6 Å². The topological polar surface area (TPSA) is 71.0 Å². The molecule has 1 aromatic carbocycles. The van der Waals surface area contributed by atoms with Crippen molar-refractivity contribution in [2.75, 3.05) is 13.1 Å². The van der Waals surface area contributed by atoms with E-state index < -0.39 is 0 Å². The maximum absolute atomic E-state index is 13.2. The average Bonchev–Trinajstić information content (AvgIpc) is 3.52. The number of nitrogens with one attached hydrogen (secondary N) is 1. The van der Waals surface area contributed by atoms with Crippen molar-refractivity contribution in [2.24, 2.45) is 0 Å². The van der Waals surface area contributed by atoms with Crippen LogP contribution in [0.3, 0.4) is 0 Å². The summed E-state index contributed by atoms with van der Waals surface area (Å²) in [5.74, 6) is 0.215. The van der Waals surface area contributed by atoms with Gasteiger partial charge in [0, 0.05) is 43.4 Å². The minimum absolute atomic E-state index is 0.122. The monoisotopic (exact) mass is 416 g/mol. The quantitative estimate of drug-likeness (QED) is 0.687. The molecule has 1 N–H and O–H groups in total. The number of aromatic amines is 1. The number of nitrogens with zero attached hydrogens (tertiary/aromatic N) is 3. The normalized spacial score (nSPS) is 17.1. The number of pyridine rings is 1. The number of amides is 1. The zero-order valence-corrected chi connectivity index (χ0v) is 17.9. The van der Waals surface area contributed by atoms with Gasteiger partial charge in [0.2, 0.25) is 0 Å². The molecule has 0 unspecified atom stereocenters. The van der Waals surface area contributed by atoms with E-state index in [1.54, 1.807) is 4.57 Å². The molecule has 5 rings (SSSR count). The van der Waals surface area contributed by atoms with Gasteiger partial charge in [-0.1, -0.05) is 30.3 Å². The number of H-pyrrole nitrogens is 1. The van der Waals surface area contributed by atoms with E-state index >= 15 is 0 Å². The van der Waals surface area contributed by atoms with Gasteiger partial charge >= 0.3 is 0 Å². The summed E-state index contributed by atoms with van der Waals surface area (Å²) in [5.41, 5.74) is 4.43. The van der Waals surface area contributed by atoms with E-state index in [-0.39, 0.29) is 17.5 Å². The fourth-order valence-electron chi connectivity index (χ4n) is 4.57. The Bertz CT molecular complexity index is 1140. The summed E-state index contributed by atoms with van der Waals surface area (Å²) in [7, 11) is 0. The van der Waals surface area contributed by atoms with Crippen molar-refractivity contribution in [3.05, 3.63) is 87.1 Å². The number of piperidine rings is 1. The van der Waals surface area contributed by atoms with Crippen molar-refractivity contribution in [3.63, 3.8) is 0 Å². The molecule has 6 heteroatoms. The summed E-state index contributed by atoms with van der Waals surface area (Å²) >= 11 is 0. The van der Waals surface area contributed by atoms with E-state index in [9.17, 15) is 9.59 Å². The number of hydrogen-bond acceptors (Lipinski definition) is 3. The Hall–Kier alpha value is -3.15. The first-order valence-electron chi connectivity index (χ1n) is 11.2. The van der Waals surface area contributed by atoms with Gasteiger partial charge in [-0.05, 0) is 55.9 Å². The van der Waals surface area contributed by atoms with Gasteiger partial charge in [-0.25, -0.2) is 0 Å². The van der Waals surface area contributed by atoms with Gasteiger partial charge in [0.15, 0.2) is 0 Å². The summed E-state index contributed by atoms with van der Waals surface area (Å²) in [6.07, 6.45) is 6.46. The Morgan fingerprint density at radius 3 is 2.55 bits per heavy atom. The van der Waals surface area contributed by atoms with Crippen molar-refractivity contribution in [1.82, 2.24) is 19.7 Å². The van der Waals surface area contributed by atoms with Crippen LogP contribution >= 0.6 is 0 Å². The summed E-state index contributed by atoms with van der Waals surface area (Å²) in [4.78, 5) is 27.9. The summed E-state index contributed by atoms with van der Waals surface area (Å²) in [5, 5.41) is 7.72. The number of carbonyl (C=O) groups excluding carboxylic acids is 1. The lowest BCUT2D eigenvalue weighted by Crippen LogP contribution is -2.41. The lowest BCUT2D eigenvalue weighted by molar-refractivity contribution is 0.0708.